The minimum absolute atomic E-state index is 0.0110. The number of Topliss-reactive ketones (excluding diaryl/α,β-unsaturated/α-hetero) is 2. The first-order valence-corrected chi connectivity index (χ1v) is 24.8. The highest BCUT2D eigenvalue weighted by Crippen LogP contribution is 2.26. The number of carbonyl (C=O) groups is 9. The minimum Gasteiger partial charge on any atom is -0.370 e. The smallest absolute Gasteiger partial charge is 0.243 e. The first-order valence-electron chi connectivity index (χ1n) is 24.8. The molecule has 24 nitrogen and oxygen atoms in total. The number of benzene rings is 2. The van der Waals surface area contributed by atoms with Crippen LogP contribution in [0.5, 0.6) is 0 Å². The maximum Gasteiger partial charge on any atom is 0.243 e. The predicted molar refractivity (Wildman–Crippen MR) is 278 cm³/mol. The van der Waals surface area contributed by atoms with Crippen molar-refractivity contribution < 1.29 is 43.2 Å². The second-order valence-corrected chi connectivity index (χ2v) is 18.4. The summed E-state index contributed by atoms with van der Waals surface area (Å²) in [4.78, 5) is 136. The number of para-hydroxylation sites is 1. The number of primary amides is 1. The van der Waals surface area contributed by atoms with Crippen molar-refractivity contribution in [3.8, 4) is 0 Å². The van der Waals surface area contributed by atoms with E-state index in [0.29, 0.717) is 11.1 Å². The summed E-state index contributed by atoms with van der Waals surface area (Å²) >= 11 is 0. The second kappa shape index (κ2) is 30.2. The van der Waals surface area contributed by atoms with Crippen LogP contribution in [0.1, 0.15) is 88.7 Å². The molecule has 1 saturated heterocycles. The number of carbonyl (C=O) groups excluding carboxylic acids is 9. The lowest BCUT2D eigenvalue weighted by Gasteiger charge is -2.27. The van der Waals surface area contributed by atoms with Gasteiger partial charge in [0, 0.05) is 68.3 Å². The van der Waals surface area contributed by atoms with Gasteiger partial charge in [-0.3, -0.25) is 53.1 Å². The van der Waals surface area contributed by atoms with Crippen LogP contribution >= 0.6 is 0 Å². The number of ketones is 2. The molecule has 74 heavy (non-hydrogen) atoms. The summed E-state index contributed by atoms with van der Waals surface area (Å²) in [5, 5.41) is 16.9. The van der Waals surface area contributed by atoms with Gasteiger partial charge in [-0.1, -0.05) is 48.5 Å². The number of hydrogen-bond acceptors (Lipinski definition) is 12. The zero-order valence-electron chi connectivity index (χ0n) is 41.9. The Balaban J connectivity index is 1.75. The molecule has 24 heteroatoms. The summed E-state index contributed by atoms with van der Waals surface area (Å²) in [6.07, 6.45) is 1.49. The normalized spacial score (nSPS) is 21.4. The Morgan fingerprint density at radius 1 is 0.716 bits per heavy atom. The molecule has 0 saturated carbocycles. The molecule has 1 fully saturated rings. The van der Waals surface area contributed by atoms with Crippen LogP contribution in [-0.4, -0.2) is 126 Å². The number of amides is 7. The number of nitrogens with two attached hydrogens (primary N) is 6. The fourth-order valence-electron chi connectivity index (χ4n) is 8.65. The van der Waals surface area contributed by atoms with Gasteiger partial charge in [-0.25, -0.2) is 0 Å². The molecule has 1 aliphatic heterocycles. The van der Waals surface area contributed by atoms with E-state index in [1.54, 1.807) is 36.5 Å². The average Bonchev–Trinajstić information content (AvgIpc) is 3.76. The van der Waals surface area contributed by atoms with Crippen LogP contribution in [-0.2, 0) is 56.0 Å². The number of guanidine groups is 2. The minimum atomic E-state index is -1.48. The van der Waals surface area contributed by atoms with E-state index in [1.165, 1.54) is 6.92 Å². The molecule has 0 aliphatic carbocycles. The van der Waals surface area contributed by atoms with Crippen LogP contribution in [0, 0.1) is 11.8 Å². The molecule has 402 valence electrons. The molecular weight excluding hydrogens is 955 g/mol. The number of aromatic nitrogens is 1. The van der Waals surface area contributed by atoms with Crippen LogP contribution in [0.15, 0.2) is 70.8 Å². The number of nitrogens with zero attached hydrogens (tertiary/aromatic N) is 2. The van der Waals surface area contributed by atoms with E-state index in [1.807, 2.05) is 24.3 Å². The molecule has 0 unspecified atom stereocenters. The van der Waals surface area contributed by atoms with Crippen LogP contribution < -0.4 is 66.3 Å². The standard InChI is InChI=1S/C50H73N15O9/c1-29(66)61-36(17-10-22-59-50(55)56)46(72)62-37-16-7-8-20-57-43(69)27-40(44(52)70)65-45(71)32(24-33-28-60-35-15-6-5-14-34(33)35)26-41(67)31(13-9-21-58-49(53)54)25-42(68)39(23-30-11-3-2-4-12-30)64-48(74)38(18-19-51)63-47(37)73/h2-6,11-12,14-15,28,31-32,36-40,60H,7-10,13,16-27,51H2,1H3,(H2,52,70)(H,57,69)(H,61,66)(H,62,72)(H,63,73)(H,64,74)(H,65,71)(H4,53,54,58)(H4,55,56,59)/t31-,32-,36+,37+,38+,39-,40+/m1/s1. The third-order valence-electron chi connectivity index (χ3n) is 12.5. The third kappa shape index (κ3) is 20.0. The summed E-state index contributed by atoms with van der Waals surface area (Å²) in [5.74, 6) is -8.65. The van der Waals surface area contributed by atoms with Gasteiger partial charge in [0.1, 0.15) is 30.0 Å². The van der Waals surface area contributed by atoms with E-state index in [-0.39, 0.29) is 102 Å². The summed E-state index contributed by atoms with van der Waals surface area (Å²) < 4.78 is 0. The molecule has 2 heterocycles. The summed E-state index contributed by atoms with van der Waals surface area (Å²) in [6, 6.07) is 9.76. The molecule has 7 atom stereocenters. The van der Waals surface area contributed by atoms with Crippen molar-refractivity contribution in [3.63, 3.8) is 0 Å². The second-order valence-electron chi connectivity index (χ2n) is 18.4. The maximum absolute atomic E-state index is 14.7. The molecular formula is C50H73N15O9. The Kier molecular flexibility index (Phi) is 24.0. The van der Waals surface area contributed by atoms with Crippen molar-refractivity contribution >= 4 is 75.7 Å². The summed E-state index contributed by atoms with van der Waals surface area (Å²) in [5.41, 5.74) is 35.9. The van der Waals surface area contributed by atoms with E-state index >= 15 is 0 Å². The van der Waals surface area contributed by atoms with E-state index in [0.717, 1.165) is 10.9 Å². The van der Waals surface area contributed by atoms with Gasteiger partial charge in [0.05, 0.1) is 12.5 Å². The molecule has 0 spiro atoms. The van der Waals surface area contributed by atoms with Crippen molar-refractivity contribution in [2.24, 2.45) is 56.2 Å². The van der Waals surface area contributed by atoms with Gasteiger partial charge < -0.3 is 71.3 Å². The molecule has 1 aromatic heterocycles. The maximum atomic E-state index is 14.7. The molecule has 4 rings (SSSR count). The zero-order chi connectivity index (χ0) is 54.2. The summed E-state index contributed by atoms with van der Waals surface area (Å²) in [7, 11) is 0. The highest BCUT2D eigenvalue weighted by molar-refractivity contribution is 5.98. The number of nitrogens with one attached hydrogen (secondary N) is 7. The first kappa shape index (κ1) is 58.7. The van der Waals surface area contributed by atoms with Gasteiger partial charge in [0.25, 0.3) is 0 Å². The largest absolute Gasteiger partial charge is 0.370 e. The molecule has 1 aliphatic rings. The molecule has 2 aromatic carbocycles. The van der Waals surface area contributed by atoms with Crippen LogP contribution in [0.4, 0.5) is 0 Å². The van der Waals surface area contributed by atoms with Crippen LogP contribution in [0.2, 0.25) is 0 Å². The fourth-order valence-corrected chi connectivity index (χ4v) is 8.65. The number of aliphatic imine (C=N–C) groups is 2. The lowest BCUT2D eigenvalue weighted by Crippen LogP contribution is -2.58. The monoisotopic (exact) mass is 1030 g/mol. The highest BCUT2D eigenvalue weighted by atomic mass is 16.2. The van der Waals surface area contributed by atoms with E-state index in [2.05, 4.69) is 46.9 Å². The Morgan fingerprint density at radius 2 is 1.38 bits per heavy atom. The highest BCUT2D eigenvalue weighted by Gasteiger charge is 2.35. The molecule has 3 aromatic rings. The van der Waals surface area contributed by atoms with Crippen molar-refractivity contribution in [1.29, 1.82) is 0 Å². The van der Waals surface area contributed by atoms with Gasteiger partial charge >= 0.3 is 0 Å². The van der Waals surface area contributed by atoms with E-state index in [9.17, 15) is 43.2 Å². The Morgan fingerprint density at radius 3 is 2.05 bits per heavy atom. The van der Waals surface area contributed by atoms with Crippen LogP contribution in [0.3, 0.4) is 0 Å². The molecule has 7 amide bonds. The number of aromatic amines is 1. The van der Waals surface area contributed by atoms with Gasteiger partial charge in [0.15, 0.2) is 17.7 Å². The Bertz CT molecular complexity index is 2470. The number of hydrogen-bond donors (Lipinski definition) is 13. The quantitative estimate of drug-likeness (QED) is 0.0379. The van der Waals surface area contributed by atoms with Gasteiger partial charge in [-0.15, -0.1) is 0 Å². The van der Waals surface area contributed by atoms with Crippen molar-refractivity contribution in [3.05, 3.63) is 71.9 Å². The third-order valence-corrected chi connectivity index (χ3v) is 12.5. The topological polar surface area (TPSA) is 422 Å². The molecule has 0 bridgehead atoms. The van der Waals surface area contributed by atoms with Crippen molar-refractivity contribution in [2.75, 3.05) is 26.2 Å². The van der Waals surface area contributed by atoms with Crippen molar-refractivity contribution in [2.45, 2.75) is 121 Å². The lowest BCUT2D eigenvalue weighted by molar-refractivity contribution is -0.136. The first-order chi connectivity index (χ1) is 35.3. The van der Waals surface area contributed by atoms with E-state index in [4.69, 9.17) is 34.4 Å². The predicted octanol–water partition coefficient (Wildman–Crippen LogP) is -1.82. The van der Waals surface area contributed by atoms with Gasteiger partial charge in [0.2, 0.25) is 41.4 Å². The van der Waals surface area contributed by atoms with Crippen molar-refractivity contribution in [1.82, 2.24) is 36.9 Å². The summed E-state index contributed by atoms with van der Waals surface area (Å²) in [6.45, 7) is 1.45. The average molecular weight is 1030 g/mol. The fraction of sp³-hybridized carbons (Fsp3) is 0.500. The van der Waals surface area contributed by atoms with Gasteiger partial charge in [-0.2, -0.15) is 0 Å². The number of H-pyrrole nitrogens is 1. The van der Waals surface area contributed by atoms with Crippen LogP contribution in [0.25, 0.3) is 10.9 Å². The number of rotatable bonds is 18. The SMILES string of the molecule is CC(=O)N[C@@H](CCCN=C(N)N)C(=O)N[C@H]1CCCCNC(=O)C[C@@H](C(N)=O)NC(=O)[C@H](Cc2c[nH]c3ccccc23)CC(=O)[C@H](CCCN=C(N)N)CC(=O)[C@@H](Cc2ccccc2)NC(=O)[C@H](CCN)NC1=O. The lowest BCUT2D eigenvalue weighted by atomic mass is 9.83. The Hall–Kier alpha value is -7.89. The molecule has 0 radical (unpaired) electrons. The van der Waals surface area contributed by atoms with E-state index < -0.39 is 114 Å². The zero-order valence-corrected chi connectivity index (χ0v) is 41.9. The number of fused-ring (bicyclic) bond motifs is 1. The Labute approximate surface area is 429 Å². The molecule has 19 N–H and O–H groups in total. The van der Waals surface area contributed by atoms with Gasteiger partial charge in [-0.05, 0) is 87.9 Å².